The van der Waals surface area contributed by atoms with Crippen LogP contribution >= 0.6 is 11.3 Å². The van der Waals surface area contributed by atoms with E-state index in [9.17, 15) is 0 Å². The Morgan fingerprint density at radius 1 is 0.300 bits per heavy atom. The van der Waals surface area contributed by atoms with E-state index in [4.69, 9.17) is 0 Å². The summed E-state index contributed by atoms with van der Waals surface area (Å²) in [5.74, 6) is 0. The quantitative estimate of drug-likeness (QED) is 0.157. The van der Waals surface area contributed by atoms with Crippen LogP contribution in [0, 0.1) is 0 Å². The lowest BCUT2D eigenvalue weighted by Gasteiger charge is -2.21. The molecule has 0 fully saturated rings. The summed E-state index contributed by atoms with van der Waals surface area (Å²) in [6, 6.07) is 73.1. The molecule has 1 aliphatic carbocycles. The maximum absolute atomic E-state index is 2.49. The molecule has 13 rings (SSSR count). The van der Waals surface area contributed by atoms with Gasteiger partial charge in [0.25, 0.3) is 0 Å². The van der Waals surface area contributed by atoms with Crippen molar-refractivity contribution in [3.63, 3.8) is 0 Å². The molecule has 11 aromatic carbocycles. The minimum atomic E-state index is -0.0143. The molecule has 280 valence electrons. The van der Waals surface area contributed by atoms with Crippen molar-refractivity contribution in [3.05, 3.63) is 205 Å². The molecule has 0 atom stereocenters. The molecule has 1 heterocycles. The van der Waals surface area contributed by atoms with E-state index in [-0.39, 0.29) is 5.41 Å². The number of hydrogen-bond donors (Lipinski definition) is 0. The highest BCUT2D eigenvalue weighted by molar-refractivity contribution is 7.26. The summed E-state index contributed by atoms with van der Waals surface area (Å²) in [4.78, 5) is 0. The van der Waals surface area contributed by atoms with Crippen molar-refractivity contribution < 1.29 is 0 Å². The van der Waals surface area contributed by atoms with Gasteiger partial charge in [0.1, 0.15) is 0 Å². The topological polar surface area (TPSA) is 0 Å². The van der Waals surface area contributed by atoms with Crippen LogP contribution in [-0.2, 0) is 5.41 Å². The summed E-state index contributed by atoms with van der Waals surface area (Å²) >= 11 is 1.92. The summed E-state index contributed by atoms with van der Waals surface area (Å²) in [5.41, 5.74) is 13.2. The van der Waals surface area contributed by atoms with Crippen molar-refractivity contribution in [3.8, 4) is 44.5 Å². The molecule has 1 aliphatic rings. The van der Waals surface area contributed by atoms with Crippen molar-refractivity contribution in [2.24, 2.45) is 0 Å². The van der Waals surface area contributed by atoms with E-state index in [1.807, 2.05) is 11.3 Å². The van der Waals surface area contributed by atoms with Crippen molar-refractivity contribution in [2.45, 2.75) is 19.3 Å². The van der Waals surface area contributed by atoms with Crippen LogP contribution in [0.4, 0.5) is 0 Å². The number of rotatable bonds is 3. The smallest absolute Gasteiger partial charge is 0.0361 e. The molecular formula is C59H38S. The average Bonchev–Trinajstić information content (AvgIpc) is 3.75. The second-order valence-electron chi connectivity index (χ2n) is 17.2. The summed E-state index contributed by atoms with van der Waals surface area (Å²) < 4.78 is 2.72. The largest absolute Gasteiger partial charge is 0.135 e. The fourth-order valence-corrected chi connectivity index (χ4v) is 11.8. The van der Waals surface area contributed by atoms with E-state index in [2.05, 4.69) is 208 Å². The van der Waals surface area contributed by atoms with Crippen molar-refractivity contribution in [1.82, 2.24) is 0 Å². The summed E-state index contributed by atoms with van der Waals surface area (Å²) in [6.45, 7) is 4.75. The molecule has 1 aromatic heterocycles. The van der Waals surface area contributed by atoms with Gasteiger partial charge in [-0.1, -0.05) is 166 Å². The Morgan fingerprint density at radius 3 is 1.55 bits per heavy atom. The van der Waals surface area contributed by atoms with Gasteiger partial charge in [-0.15, -0.1) is 11.3 Å². The molecule has 0 radical (unpaired) electrons. The van der Waals surface area contributed by atoms with Crippen LogP contribution in [0.2, 0.25) is 0 Å². The van der Waals surface area contributed by atoms with Gasteiger partial charge in [0.2, 0.25) is 0 Å². The highest BCUT2D eigenvalue weighted by atomic mass is 32.1. The van der Waals surface area contributed by atoms with Crippen molar-refractivity contribution in [2.75, 3.05) is 0 Å². The van der Waals surface area contributed by atoms with Crippen LogP contribution in [0.3, 0.4) is 0 Å². The summed E-state index contributed by atoms with van der Waals surface area (Å²) in [5, 5.41) is 15.4. The fraction of sp³-hybridized carbons (Fsp3) is 0.0508. The highest BCUT2D eigenvalue weighted by Crippen LogP contribution is 2.52. The first-order chi connectivity index (χ1) is 29.5. The molecule has 1 heteroatoms. The zero-order chi connectivity index (χ0) is 39.7. The summed E-state index contributed by atoms with van der Waals surface area (Å²) in [7, 11) is 0. The van der Waals surface area contributed by atoms with E-state index in [0.717, 1.165) is 0 Å². The minimum absolute atomic E-state index is 0.0143. The molecule has 0 saturated heterocycles. The van der Waals surface area contributed by atoms with Gasteiger partial charge >= 0.3 is 0 Å². The van der Waals surface area contributed by atoms with Crippen LogP contribution in [0.5, 0.6) is 0 Å². The molecule has 0 aliphatic heterocycles. The lowest BCUT2D eigenvalue weighted by molar-refractivity contribution is 0.661. The first kappa shape index (κ1) is 33.9. The van der Waals surface area contributed by atoms with Crippen LogP contribution in [0.25, 0.3) is 119 Å². The molecule has 0 bridgehead atoms. The highest BCUT2D eigenvalue weighted by Gasteiger charge is 2.35. The predicted molar refractivity (Wildman–Crippen MR) is 261 cm³/mol. The number of thiophene rings is 1. The molecule has 0 spiro atoms. The maximum atomic E-state index is 2.49. The SMILES string of the molecule is CC1(C)c2ccccc2-c2cc3sc4cc5ccc(-c6ccc7cc(-c8c9ccccc9c(-c9cccc%10ccccc9%10)c9ccccc89)ccc7c6)cc5cc4c3cc21. The Bertz CT molecular complexity index is 3740. The first-order valence-electron chi connectivity index (χ1n) is 21.0. The zero-order valence-corrected chi connectivity index (χ0v) is 34.2. The van der Waals surface area contributed by atoms with E-state index < -0.39 is 0 Å². The van der Waals surface area contributed by atoms with E-state index in [0.29, 0.717) is 0 Å². The number of hydrogen-bond acceptors (Lipinski definition) is 1. The third-order valence-corrected chi connectivity index (χ3v) is 14.7. The minimum Gasteiger partial charge on any atom is -0.135 e. The maximum Gasteiger partial charge on any atom is 0.0361 e. The Kier molecular flexibility index (Phi) is 7.04. The van der Waals surface area contributed by atoms with Crippen LogP contribution in [0.15, 0.2) is 194 Å². The van der Waals surface area contributed by atoms with Crippen molar-refractivity contribution >= 4 is 85.4 Å². The van der Waals surface area contributed by atoms with Crippen molar-refractivity contribution in [1.29, 1.82) is 0 Å². The van der Waals surface area contributed by atoms with Gasteiger partial charge in [-0.3, -0.25) is 0 Å². The molecule has 0 amide bonds. The molecular weight excluding hydrogens is 741 g/mol. The first-order valence-corrected chi connectivity index (χ1v) is 21.8. The van der Waals surface area contributed by atoms with Gasteiger partial charge in [-0.25, -0.2) is 0 Å². The molecule has 12 aromatic rings. The van der Waals surface area contributed by atoms with Gasteiger partial charge in [0.15, 0.2) is 0 Å². The Balaban J connectivity index is 0.915. The predicted octanol–water partition coefficient (Wildman–Crippen LogP) is 17.1. The second kappa shape index (κ2) is 12.5. The zero-order valence-electron chi connectivity index (χ0n) is 33.4. The third-order valence-electron chi connectivity index (χ3n) is 13.6. The van der Waals surface area contributed by atoms with E-state index >= 15 is 0 Å². The monoisotopic (exact) mass is 778 g/mol. The third kappa shape index (κ3) is 4.84. The number of benzene rings is 11. The Labute approximate surface area is 352 Å². The van der Waals surface area contributed by atoms with Crippen LogP contribution in [0.1, 0.15) is 25.0 Å². The van der Waals surface area contributed by atoms with Gasteiger partial charge in [0, 0.05) is 25.6 Å². The Morgan fingerprint density at radius 2 is 0.817 bits per heavy atom. The number of fused-ring (bicyclic) bond motifs is 11. The standard InChI is InChI=1S/C59H38S/c1-59(2)53-21-10-9-15-44(53)50-34-56-52(33-54(50)59)51-31-42-30-39(24-25-40(42)32-55(51)60-56)36-22-23-38-29-41(27-26-37(38)28-36)57-46-16-5-7-18-48(46)58(49-19-8-6-17-47(49)57)45-20-11-13-35-12-3-4-14-43(35)45/h3-34H,1-2H3. The summed E-state index contributed by atoms with van der Waals surface area (Å²) in [6.07, 6.45) is 0. The molecule has 0 N–H and O–H groups in total. The lowest BCUT2D eigenvalue weighted by atomic mass is 9.82. The van der Waals surface area contributed by atoms with Crippen LogP contribution in [-0.4, -0.2) is 0 Å². The molecule has 0 saturated carbocycles. The van der Waals surface area contributed by atoms with Gasteiger partial charge < -0.3 is 0 Å². The molecule has 0 nitrogen and oxygen atoms in total. The lowest BCUT2D eigenvalue weighted by Crippen LogP contribution is -2.14. The molecule has 0 unspecified atom stereocenters. The average molecular weight is 779 g/mol. The van der Waals surface area contributed by atoms with Crippen LogP contribution < -0.4 is 0 Å². The molecule has 60 heavy (non-hydrogen) atoms. The van der Waals surface area contributed by atoms with Gasteiger partial charge in [0.05, 0.1) is 0 Å². The fourth-order valence-electron chi connectivity index (χ4n) is 10.6. The Hall–Kier alpha value is -7.06. The normalized spacial score (nSPS) is 13.3. The van der Waals surface area contributed by atoms with E-state index in [1.54, 1.807) is 0 Å². The van der Waals surface area contributed by atoms with Gasteiger partial charge in [-0.2, -0.15) is 0 Å². The van der Waals surface area contributed by atoms with E-state index in [1.165, 1.54) is 130 Å². The van der Waals surface area contributed by atoms with Gasteiger partial charge in [-0.05, 0) is 152 Å². The second-order valence-corrected chi connectivity index (χ2v) is 18.3.